The summed E-state index contributed by atoms with van der Waals surface area (Å²) in [5.74, 6) is 0.212. The number of hydrogen-bond acceptors (Lipinski definition) is 4. The lowest BCUT2D eigenvalue weighted by Crippen LogP contribution is -2.46. The first-order chi connectivity index (χ1) is 8.60. The molecule has 5 heteroatoms. The maximum Gasteiger partial charge on any atom is 0.371 e. The second kappa shape index (κ2) is 5.54. The third kappa shape index (κ3) is 2.91. The standard InChI is InChI=1S/C13H20N2O3/c1-2-9-7-15(6-5-11(9)14)8-10-3-4-12(18-10)13(16)17/h3-4,9,11H,2,5-8,14H2,1H3,(H,16,17). The Morgan fingerprint density at radius 2 is 2.39 bits per heavy atom. The van der Waals surface area contributed by atoms with Crippen molar-refractivity contribution >= 4 is 5.97 Å². The normalized spacial score (nSPS) is 25.2. The van der Waals surface area contributed by atoms with Gasteiger partial charge in [-0.05, 0) is 24.5 Å². The molecule has 0 radical (unpaired) electrons. The van der Waals surface area contributed by atoms with Crippen molar-refractivity contribution in [1.82, 2.24) is 4.90 Å². The Morgan fingerprint density at radius 1 is 1.61 bits per heavy atom. The highest BCUT2D eigenvalue weighted by Crippen LogP contribution is 2.21. The average Bonchev–Trinajstić information content (AvgIpc) is 2.80. The molecule has 100 valence electrons. The quantitative estimate of drug-likeness (QED) is 0.849. The average molecular weight is 252 g/mol. The minimum Gasteiger partial charge on any atom is -0.475 e. The third-order valence-corrected chi connectivity index (χ3v) is 3.65. The fourth-order valence-electron chi connectivity index (χ4n) is 2.50. The second-order valence-electron chi connectivity index (χ2n) is 4.93. The van der Waals surface area contributed by atoms with Gasteiger partial charge >= 0.3 is 5.97 Å². The molecule has 0 amide bonds. The van der Waals surface area contributed by atoms with Gasteiger partial charge in [0.2, 0.25) is 5.76 Å². The van der Waals surface area contributed by atoms with Gasteiger partial charge in [0.25, 0.3) is 0 Å². The first-order valence-corrected chi connectivity index (χ1v) is 6.40. The van der Waals surface area contributed by atoms with Gasteiger partial charge in [-0.1, -0.05) is 13.3 Å². The van der Waals surface area contributed by atoms with Crippen LogP contribution in [0.25, 0.3) is 0 Å². The van der Waals surface area contributed by atoms with Gasteiger partial charge < -0.3 is 15.3 Å². The van der Waals surface area contributed by atoms with E-state index in [9.17, 15) is 4.79 Å². The van der Waals surface area contributed by atoms with Crippen molar-refractivity contribution in [1.29, 1.82) is 0 Å². The van der Waals surface area contributed by atoms with Crippen LogP contribution in [-0.2, 0) is 6.54 Å². The molecule has 2 atom stereocenters. The smallest absolute Gasteiger partial charge is 0.371 e. The van der Waals surface area contributed by atoms with Crippen molar-refractivity contribution in [3.63, 3.8) is 0 Å². The number of nitrogens with two attached hydrogens (primary N) is 1. The lowest BCUT2D eigenvalue weighted by atomic mass is 9.91. The van der Waals surface area contributed by atoms with E-state index in [0.29, 0.717) is 18.2 Å². The van der Waals surface area contributed by atoms with Gasteiger partial charge in [-0.2, -0.15) is 0 Å². The maximum atomic E-state index is 10.7. The fraction of sp³-hybridized carbons (Fsp3) is 0.615. The summed E-state index contributed by atoms with van der Waals surface area (Å²) in [6.07, 6.45) is 2.07. The highest BCUT2D eigenvalue weighted by Gasteiger charge is 2.25. The van der Waals surface area contributed by atoms with Crippen molar-refractivity contribution in [3.8, 4) is 0 Å². The van der Waals surface area contributed by atoms with Crippen molar-refractivity contribution < 1.29 is 14.3 Å². The number of hydrogen-bond donors (Lipinski definition) is 2. The van der Waals surface area contributed by atoms with Gasteiger partial charge in [-0.15, -0.1) is 0 Å². The Labute approximate surface area is 107 Å². The number of furan rings is 1. The van der Waals surface area contributed by atoms with Crippen LogP contribution >= 0.6 is 0 Å². The number of carboxylic acids is 1. The van der Waals surface area contributed by atoms with E-state index in [2.05, 4.69) is 11.8 Å². The van der Waals surface area contributed by atoms with E-state index in [1.807, 2.05) is 0 Å². The van der Waals surface area contributed by atoms with Crippen LogP contribution in [0.3, 0.4) is 0 Å². The van der Waals surface area contributed by atoms with Crippen LogP contribution in [0.2, 0.25) is 0 Å². The highest BCUT2D eigenvalue weighted by molar-refractivity contribution is 5.84. The van der Waals surface area contributed by atoms with Gasteiger partial charge in [0.15, 0.2) is 0 Å². The Morgan fingerprint density at radius 3 is 3.00 bits per heavy atom. The lowest BCUT2D eigenvalue weighted by molar-refractivity contribution is 0.0656. The van der Waals surface area contributed by atoms with Crippen LogP contribution in [0.15, 0.2) is 16.5 Å². The zero-order valence-corrected chi connectivity index (χ0v) is 10.6. The van der Waals surface area contributed by atoms with Gasteiger partial charge in [0.1, 0.15) is 5.76 Å². The predicted octanol–water partition coefficient (Wildman–Crippen LogP) is 1.54. The number of carboxylic acid groups (broad SMARTS) is 1. The minimum absolute atomic E-state index is 0.00533. The van der Waals surface area contributed by atoms with Gasteiger partial charge in [-0.25, -0.2) is 4.79 Å². The number of rotatable bonds is 4. The Balaban J connectivity index is 1.94. The zero-order chi connectivity index (χ0) is 13.1. The fourth-order valence-corrected chi connectivity index (χ4v) is 2.50. The summed E-state index contributed by atoms with van der Waals surface area (Å²) in [7, 11) is 0. The van der Waals surface area contributed by atoms with E-state index >= 15 is 0 Å². The first-order valence-electron chi connectivity index (χ1n) is 6.40. The predicted molar refractivity (Wildman–Crippen MR) is 67.3 cm³/mol. The summed E-state index contributed by atoms with van der Waals surface area (Å²) in [4.78, 5) is 13.0. The van der Waals surface area contributed by atoms with Crippen LogP contribution in [0.5, 0.6) is 0 Å². The number of carbonyl (C=O) groups is 1. The minimum atomic E-state index is -1.02. The summed E-state index contributed by atoms with van der Waals surface area (Å²) in [5, 5.41) is 8.79. The van der Waals surface area contributed by atoms with Crippen molar-refractivity contribution in [2.24, 2.45) is 11.7 Å². The largest absolute Gasteiger partial charge is 0.475 e. The Kier molecular flexibility index (Phi) is 4.04. The molecule has 5 nitrogen and oxygen atoms in total. The van der Waals surface area contributed by atoms with Gasteiger partial charge in [0, 0.05) is 19.1 Å². The molecule has 1 saturated heterocycles. The third-order valence-electron chi connectivity index (χ3n) is 3.65. The topological polar surface area (TPSA) is 79.7 Å². The monoisotopic (exact) mass is 252 g/mol. The molecule has 1 aromatic heterocycles. The Bertz CT molecular complexity index is 416. The van der Waals surface area contributed by atoms with Crippen molar-refractivity contribution in [3.05, 3.63) is 23.7 Å². The molecule has 1 aromatic rings. The highest BCUT2D eigenvalue weighted by atomic mass is 16.4. The molecule has 3 N–H and O–H groups in total. The number of piperidine rings is 1. The zero-order valence-electron chi connectivity index (χ0n) is 10.6. The second-order valence-corrected chi connectivity index (χ2v) is 4.93. The molecule has 2 unspecified atom stereocenters. The summed E-state index contributed by atoms with van der Waals surface area (Å²) < 4.78 is 5.27. The number of likely N-dealkylation sites (tertiary alicyclic amines) is 1. The van der Waals surface area contributed by atoms with Crippen LogP contribution in [0, 0.1) is 5.92 Å². The van der Waals surface area contributed by atoms with E-state index in [-0.39, 0.29) is 11.8 Å². The van der Waals surface area contributed by atoms with Crippen LogP contribution in [0.1, 0.15) is 36.1 Å². The Hall–Kier alpha value is -1.33. The first kappa shape index (κ1) is 13.1. The van der Waals surface area contributed by atoms with Crippen LogP contribution in [-0.4, -0.2) is 35.1 Å². The molecule has 2 rings (SSSR count). The van der Waals surface area contributed by atoms with E-state index in [1.54, 1.807) is 6.07 Å². The SMILES string of the molecule is CCC1CN(Cc2ccc(C(=O)O)o2)CCC1N. The summed E-state index contributed by atoms with van der Waals surface area (Å²) in [6, 6.07) is 3.53. The van der Waals surface area contributed by atoms with Gasteiger partial charge in [-0.3, -0.25) is 4.90 Å². The van der Waals surface area contributed by atoms with Crippen molar-refractivity contribution in [2.45, 2.75) is 32.4 Å². The molecule has 18 heavy (non-hydrogen) atoms. The van der Waals surface area contributed by atoms with E-state index in [0.717, 1.165) is 25.9 Å². The summed E-state index contributed by atoms with van der Waals surface area (Å²) in [6.45, 7) is 4.72. The van der Waals surface area contributed by atoms with E-state index < -0.39 is 5.97 Å². The molecular formula is C13H20N2O3. The molecular weight excluding hydrogens is 232 g/mol. The molecule has 0 saturated carbocycles. The van der Waals surface area contributed by atoms with Gasteiger partial charge in [0.05, 0.1) is 6.54 Å². The lowest BCUT2D eigenvalue weighted by Gasteiger charge is -2.36. The summed E-state index contributed by atoms with van der Waals surface area (Å²) >= 11 is 0. The molecule has 1 aliphatic rings. The number of nitrogens with zero attached hydrogens (tertiary/aromatic N) is 1. The molecule has 0 aliphatic carbocycles. The number of aromatic carboxylic acids is 1. The molecule has 0 spiro atoms. The van der Waals surface area contributed by atoms with Crippen LogP contribution < -0.4 is 5.73 Å². The molecule has 1 aliphatic heterocycles. The molecule has 0 bridgehead atoms. The molecule has 2 heterocycles. The summed E-state index contributed by atoms with van der Waals surface area (Å²) in [5.41, 5.74) is 6.06. The van der Waals surface area contributed by atoms with E-state index in [1.165, 1.54) is 6.07 Å². The van der Waals surface area contributed by atoms with Crippen molar-refractivity contribution in [2.75, 3.05) is 13.1 Å². The van der Waals surface area contributed by atoms with E-state index in [4.69, 9.17) is 15.3 Å². The molecule has 0 aromatic carbocycles. The van der Waals surface area contributed by atoms with Crippen LogP contribution in [0.4, 0.5) is 0 Å². The maximum absolute atomic E-state index is 10.7. The molecule has 1 fully saturated rings.